The predicted molar refractivity (Wildman–Crippen MR) is 87.4 cm³/mol. The van der Waals surface area contributed by atoms with Gasteiger partial charge >= 0.3 is 0 Å². The quantitative estimate of drug-likeness (QED) is 0.690. The molecule has 1 aromatic rings. The van der Waals surface area contributed by atoms with E-state index in [1.165, 1.54) is 4.31 Å². The van der Waals surface area contributed by atoms with Gasteiger partial charge in [0.25, 0.3) is 0 Å². The topological polar surface area (TPSA) is 77.1 Å². The number of nitrogens with zero attached hydrogens (tertiary/aromatic N) is 1. The van der Waals surface area contributed by atoms with E-state index in [-0.39, 0.29) is 5.75 Å². The second-order valence-electron chi connectivity index (χ2n) is 5.18. The monoisotopic (exact) mass is 344 g/mol. The van der Waals surface area contributed by atoms with Crippen molar-refractivity contribution in [2.45, 2.75) is 6.54 Å². The summed E-state index contributed by atoms with van der Waals surface area (Å²) in [7, 11) is -0.0258. The minimum absolute atomic E-state index is 0.0749. The van der Waals surface area contributed by atoms with Crippen molar-refractivity contribution in [1.82, 2.24) is 9.62 Å². The van der Waals surface area contributed by atoms with Crippen molar-refractivity contribution >= 4 is 10.0 Å². The third kappa shape index (κ3) is 5.07. The lowest BCUT2D eigenvalue weighted by molar-refractivity contribution is 0.0730. The second kappa shape index (κ2) is 8.49. The first-order valence-corrected chi connectivity index (χ1v) is 9.15. The average Bonchev–Trinajstić information content (AvgIpc) is 2.59. The van der Waals surface area contributed by atoms with E-state index in [4.69, 9.17) is 14.2 Å². The van der Waals surface area contributed by atoms with Gasteiger partial charge < -0.3 is 19.5 Å². The number of sulfonamides is 1. The summed E-state index contributed by atoms with van der Waals surface area (Å²) >= 11 is 0. The summed E-state index contributed by atoms with van der Waals surface area (Å²) in [4.78, 5) is 0. The zero-order valence-electron chi connectivity index (χ0n) is 13.6. The molecule has 1 aliphatic heterocycles. The average molecular weight is 344 g/mol. The summed E-state index contributed by atoms with van der Waals surface area (Å²) in [5, 5.41) is 3.15. The third-order valence-corrected chi connectivity index (χ3v) is 5.58. The van der Waals surface area contributed by atoms with Crippen LogP contribution in [0.5, 0.6) is 11.5 Å². The fourth-order valence-electron chi connectivity index (χ4n) is 2.38. The van der Waals surface area contributed by atoms with Crippen LogP contribution in [0.25, 0.3) is 0 Å². The van der Waals surface area contributed by atoms with Gasteiger partial charge in [0.05, 0.1) is 33.2 Å². The Balaban J connectivity index is 1.83. The van der Waals surface area contributed by atoms with Crippen LogP contribution in [0.1, 0.15) is 5.56 Å². The number of morpholine rings is 1. The maximum atomic E-state index is 12.2. The Morgan fingerprint density at radius 2 is 1.96 bits per heavy atom. The Morgan fingerprint density at radius 1 is 1.22 bits per heavy atom. The van der Waals surface area contributed by atoms with Crippen molar-refractivity contribution in [3.63, 3.8) is 0 Å². The van der Waals surface area contributed by atoms with Crippen LogP contribution in [-0.2, 0) is 21.3 Å². The molecule has 1 aliphatic rings. The number of methoxy groups -OCH3 is 2. The van der Waals surface area contributed by atoms with Gasteiger partial charge in [-0.2, -0.15) is 4.31 Å². The van der Waals surface area contributed by atoms with Gasteiger partial charge in [-0.3, -0.25) is 0 Å². The molecule has 2 rings (SSSR count). The van der Waals surface area contributed by atoms with Gasteiger partial charge in [-0.15, -0.1) is 0 Å². The Hall–Kier alpha value is -1.35. The molecule has 23 heavy (non-hydrogen) atoms. The molecule has 1 saturated heterocycles. The highest BCUT2D eigenvalue weighted by atomic mass is 32.2. The van der Waals surface area contributed by atoms with E-state index in [9.17, 15) is 8.42 Å². The molecular formula is C15H24N2O5S. The molecule has 130 valence electrons. The van der Waals surface area contributed by atoms with E-state index in [1.54, 1.807) is 14.2 Å². The highest BCUT2D eigenvalue weighted by Gasteiger charge is 2.23. The molecule has 1 fully saturated rings. The van der Waals surface area contributed by atoms with Crippen LogP contribution >= 0.6 is 0 Å². The van der Waals surface area contributed by atoms with Crippen molar-refractivity contribution < 1.29 is 22.6 Å². The number of ether oxygens (including phenoxy) is 3. The van der Waals surface area contributed by atoms with Crippen LogP contribution in [0, 0.1) is 0 Å². The van der Waals surface area contributed by atoms with E-state index >= 15 is 0 Å². The summed E-state index contributed by atoms with van der Waals surface area (Å²) in [5.74, 6) is 1.51. The van der Waals surface area contributed by atoms with Crippen molar-refractivity contribution in [1.29, 1.82) is 0 Å². The standard InChI is InChI=1S/C15H24N2O5S/c1-20-14-4-3-13(15(11-14)21-2)12-16-5-10-23(18,19)17-6-8-22-9-7-17/h3-4,11,16H,5-10,12H2,1-2H3. The molecule has 0 atom stereocenters. The molecule has 0 bridgehead atoms. The molecule has 7 nitrogen and oxygen atoms in total. The minimum Gasteiger partial charge on any atom is -0.497 e. The zero-order valence-corrected chi connectivity index (χ0v) is 14.4. The SMILES string of the molecule is COc1ccc(CNCCS(=O)(=O)N2CCOCC2)c(OC)c1. The molecule has 0 spiro atoms. The molecule has 0 unspecified atom stereocenters. The molecule has 1 heterocycles. The minimum atomic E-state index is -3.22. The van der Waals surface area contributed by atoms with E-state index in [2.05, 4.69) is 5.32 Å². The lowest BCUT2D eigenvalue weighted by Crippen LogP contribution is -2.43. The van der Waals surface area contributed by atoms with Gasteiger partial charge in [-0.1, -0.05) is 6.07 Å². The van der Waals surface area contributed by atoms with Crippen molar-refractivity contribution in [3.05, 3.63) is 23.8 Å². The van der Waals surface area contributed by atoms with E-state index < -0.39 is 10.0 Å². The van der Waals surface area contributed by atoms with E-state index in [0.29, 0.717) is 45.1 Å². The summed E-state index contributed by atoms with van der Waals surface area (Å²) < 4.78 is 41.5. The molecular weight excluding hydrogens is 320 g/mol. The summed E-state index contributed by atoms with van der Waals surface area (Å²) in [5.41, 5.74) is 0.956. The molecule has 0 radical (unpaired) electrons. The van der Waals surface area contributed by atoms with Gasteiger partial charge in [-0.25, -0.2) is 8.42 Å². The summed E-state index contributed by atoms with van der Waals surface area (Å²) in [6.45, 7) is 2.73. The van der Waals surface area contributed by atoms with Gasteiger partial charge in [-0.05, 0) is 6.07 Å². The first kappa shape index (κ1) is 18.0. The lowest BCUT2D eigenvalue weighted by Gasteiger charge is -2.26. The first-order chi connectivity index (χ1) is 11.1. The maximum Gasteiger partial charge on any atom is 0.215 e. The van der Waals surface area contributed by atoms with Gasteiger partial charge in [0.1, 0.15) is 11.5 Å². The van der Waals surface area contributed by atoms with Crippen LogP contribution in [0.3, 0.4) is 0 Å². The Kier molecular flexibility index (Phi) is 6.64. The van der Waals surface area contributed by atoms with Crippen LogP contribution < -0.4 is 14.8 Å². The molecule has 0 aliphatic carbocycles. The van der Waals surface area contributed by atoms with Crippen LogP contribution in [0.4, 0.5) is 0 Å². The van der Waals surface area contributed by atoms with Gasteiger partial charge in [0, 0.05) is 37.8 Å². The summed E-state index contributed by atoms with van der Waals surface area (Å²) in [6.07, 6.45) is 0. The fraction of sp³-hybridized carbons (Fsp3) is 0.600. The predicted octanol–water partition coefficient (Wildman–Crippen LogP) is 0.455. The number of hydrogen-bond acceptors (Lipinski definition) is 6. The molecule has 0 aromatic heterocycles. The smallest absolute Gasteiger partial charge is 0.215 e. The largest absolute Gasteiger partial charge is 0.497 e. The third-order valence-electron chi connectivity index (χ3n) is 3.71. The summed E-state index contributed by atoms with van der Waals surface area (Å²) in [6, 6.07) is 5.56. The zero-order chi connectivity index (χ0) is 16.7. The molecule has 1 aromatic carbocycles. The molecule has 1 N–H and O–H groups in total. The Bertz CT molecular complexity index is 600. The van der Waals surface area contributed by atoms with Gasteiger partial charge in [0.15, 0.2) is 0 Å². The second-order valence-corrected chi connectivity index (χ2v) is 7.27. The lowest BCUT2D eigenvalue weighted by atomic mass is 10.2. The highest BCUT2D eigenvalue weighted by molar-refractivity contribution is 7.89. The van der Waals surface area contributed by atoms with Crippen molar-refractivity contribution in [2.75, 3.05) is 52.8 Å². The fourth-order valence-corrected chi connectivity index (χ4v) is 3.74. The van der Waals surface area contributed by atoms with Crippen LogP contribution in [0.15, 0.2) is 18.2 Å². The van der Waals surface area contributed by atoms with Crippen molar-refractivity contribution in [2.24, 2.45) is 0 Å². The number of nitrogens with one attached hydrogen (secondary N) is 1. The van der Waals surface area contributed by atoms with E-state index in [1.807, 2.05) is 18.2 Å². The number of hydrogen-bond donors (Lipinski definition) is 1. The highest BCUT2D eigenvalue weighted by Crippen LogP contribution is 2.24. The van der Waals surface area contributed by atoms with Crippen LogP contribution in [0.2, 0.25) is 0 Å². The van der Waals surface area contributed by atoms with Gasteiger partial charge in [0.2, 0.25) is 10.0 Å². The van der Waals surface area contributed by atoms with E-state index in [0.717, 1.165) is 11.3 Å². The number of rotatable bonds is 8. The molecule has 0 saturated carbocycles. The van der Waals surface area contributed by atoms with Crippen molar-refractivity contribution in [3.8, 4) is 11.5 Å². The molecule has 8 heteroatoms. The maximum absolute atomic E-state index is 12.2. The molecule has 0 amide bonds. The Morgan fingerprint density at radius 3 is 2.61 bits per heavy atom. The normalized spacial score (nSPS) is 16.3. The Labute approximate surface area is 137 Å². The first-order valence-electron chi connectivity index (χ1n) is 7.54. The van der Waals surface area contributed by atoms with Crippen LogP contribution in [-0.4, -0.2) is 65.5 Å². The number of benzene rings is 1.